The van der Waals surface area contributed by atoms with Gasteiger partial charge in [-0.2, -0.15) is 0 Å². The van der Waals surface area contributed by atoms with Crippen LogP contribution in [0.5, 0.6) is 0 Å². The average Bonchev–Trinajstić information content (AvgIpc) is 2.63. The fourth-order valence-corrected chi connectivity index (χ4v) is 2.53. The Bertz CT molecular complexity index is 924. The zero-order chi connectivity index (χ0) is 19.2. The number of hydrogen-bond acceptors (Lipinski definition) is 6. The maximum Gasteiger partial charge on any atom is 0.238 e. The maximum absolute atomic E-state index is 11.8. The van der Waals surface area contributed by atoms with Crippen LogP contribution in [0.15, 0.2) is 60.8 Å². The lowest BCUT2D eigenvalue weighted by atomic mass is 10.1. The third-order valence-corrected chi connectivity index (χ3v) is 3.72. The molecule has 0 saturated heterocycles. The lowest BCUT2D eigenvalue weighted by Gasteiger charge is -2.11. The van der Waals surface area contributed by atoms with E-state index in [4.69, 9.17) is 5.73 Å². The number of amides is 1. The van der Waals surface area contributed by atoms with Crippen LogP contribution >= 0.6 is 0 Å². The number of nitrogens with one attached hydrogen (secondary N) is 2. The molecule has 0 unspecified atom stereocenters. The highest BCUT2D eigenvalue weighted by atomic mass is 16.2. The van der Waals surface area contributed by atoms with E-state index in [9.17, 15) is 4.79 Å². The van der Waals surface area contributed by atoms with E-state index in [1.807, 2.05) is 73.6 Å². The van der Waals surface area contributed by atoms with E-state index < -0.39 is 0 Å². The standard InChI is InChI=1S/C20H22N6O/c1-26(2)13-19(27)23-16-6-8-17(9-7-16)24-20-22-11-10-18(25-20)14-4-3-5-15(21)12-14/h3-12H,13,21H2,1-2H3,(H,23,27)(H,22,24,25). The maximum atomic E-state index is 11.8. The van der Waals surface area contributed by atoms with Crippen molar-refractivity contribution in [3.63, 3.8) is 0 Å². The predicted molar refractivity (Wildman–Crippen MR) is 109 cm³/mol. The van der Waals surface area contributed by atoms with Crippen LogP contribution in [0.3, 0.4) is 0 Å². The summed E-state index contributed by atoms with van der Waals surface area (Å²) in [5.41, 5.74) is 9.81. The van der Waals surface area contributed by atoms with E-state index in [-0.39, 0.29) is 5.91 Å². The molecule has 7 nitrogen and oxygen atoms in total. The Labute approximate surface area is 158 Å². The summed E-state index contributed by atoms with van der Waals surface area (Å²) in [6, 6.07) is 16.8. The first-order valence-electron chi connectivity index (χ1n) is 8.50. The third kappa shape index (κ3) is 5.26. The summed E-state index contributed by atoms with van der Waals surface area (Å²) in [4.78, 5) is 22.4. The molecule has 0 radical (unpaired) electrons. The number of rotatable bonds is 6. The van der Waals surface area contributed by atoms with Gasteiger partial charge in [-0.25, -0.2) is 9.97 Å². The minimum Gasteiger partial charge on any atom is -0.399 e. The molecule has 4 N–H and O–H groups in total. The largest absolute Gasteiger partial charge is 0.399 e. The first-order chi connectivity index (χ1) is 13.0. The van der Waals surface area contributed by atoms with Crippen molar-refractivity contribution in [1.82, 2.24) is 14.9 Å². The number of nitrogens with two attached hydrogens (primary N) is 1. The van der Waals surface area contributed by atoms with Gasteiger partial charge < -0.3 is 21.3 Å². The topological polar surface area (TPSA) is 96.2 Å². The van der Waals surface area contributed by atoms with E-state index in [1.54, 1.807) is 6.20 Å². The summed E-state index contributed by atoms with van der Waals surface area (Å²) >= 11 is 0. The molecule has 0 atom stereocenters. The fourth-order valence-electron chi connectivity index (χ4n) is 2.53. The number of carbonyl (C=O) groups is 1. The van der Waals surface area contributed by atoms with E-state index in [2.05, 4.69) is 20.6 Å². The summed E-state index contributed by atoms with van der Waals surface area (Å²) in [6.07, 6.45) is 1.70. The molecule has 0 bridgehead atoms. The highest BCUT2D eigenvalue weighted by molar-refractivity contribution is 5.92. The number of hydrogen-bond donors (Lipinski definition) is 3. The van der Waals surface area contributed by atoms with E-state index in [0.717, 1.165) is 22.6 Å². The van der Waals surface area contributed by atoms with Crippen LogP contribution in [0.2, 0.25) is 0 Å². The molecule has 138 valence electrons. The molecule has 1 heterocycles. The molecule has 0 spiro atoms. The molecule has 27 heavy (non-hydrogen) atoms. The molecule has 1 aromatic heterocycles. The molecule has 0 aliphatic heterocycles. The van der Waals surface area contributed by atoms with Gasteiger partial charge in [-0.3, -0.25) is 4.79 Å². The molecular weight excluding hydrogens is 340 g/mol. The Morgan fingerprint density at radius 3 is 2.52 bits per heavy atom. The first-order valence-corrected chi connectivity index (χ1v) is 8.50. The second-order valence-electron chi connectivity index (χ2n) is 6.38. The van der Waals surface area contributed by atoms with Gasteiger partial charge in [-0.1, -0.05) is 12.1 Å². The van der Waals surface area contributed by atoms with Crippen LogP contribution < -0.4 is 16.4 Å². The van der Waals surface area contributed by atoms with Crippen LogP contribution in [-0.2, 0) is 4.79 Å². The van der Waals surface area contributed by atoms with E-state index >= 15 is 0 Å². The summed E-state index contributed by atoms with van der Waals surface area (Å²) in [7, 11) is 3.70. The predicted octanol–water partition coefficient (Wildman–Crippen LogP) is 2.97. The number of nitrogen functional groups attached to an aromatic ring is 1. The average molecular weight is 362 g/mol. The van der Waals surface area contributed by atoms with Gasteiger partial charge >= 0.3 is 0 Å². The zero-order valence-electron chi connectivity index (χ0n) is 15.3. The Morgan fingerprint density at radius 1 is 1.07 bits per heavy atom. The number of aromatic nitrogens is 2. The molecule has 0 fully saturated rings. The minimum absolute atomic E-state index is 0.0566. The van der Waals surface area contributed by atoms with Crippen molar-refractivity contribution in [3.05, 3.63) is 60.8 Å². The number of benzene rings is 2. The number of carbonyl (C=O) groups excluding carboxylic acids is 1. The van der Waals surface area contributed by atoms with Crippen LogP contribution in [0.4, 0.5) is 23.0 Å². The molecule has 2 aromatic carbocycles. The Hall–Kier alpha value is -3.45. The van der Waals surface area contributed by atoms with Crippen molar-refractivity contribution in [1.29, 1.82) is 0 Å². The highest BCUT2D eigenvalue weighted by Gasteiger charge is 2.05. The second-order valence-corrected chi connectivity index (χ2v) is 6.38. The summed E-state index contributed by atoms with van der Waals surface area (Å²) < 4.78 is 0. The first kappa shape index (κ1) is 18.3. The summed E-state index contributed by atoms with van der Waals surface area (Å²) in [6.45, 7) is 0.338. The van der Waals surface area contributed by atoms with Gasteiger partial charge in [0.25, 0.3) is 0 Å². The summed E-state index contributed by atoms with van der Waals surface area (Å²) in [5.74, 6) is 0.429. The number of likely N-dealkylation sites (N-methyl/N-ethyl adjacent to an activating group) is 1. The van der Waals surface area contributed by atoms with Gasteiger partial charge in [0.15, 0.2) is 0 Å². The van der Waals surface area contributed by atoms with Crippen molar-refractivity contribution in [2.75, 3.05) is 37.0 Å². The van der Waals surface area contributed by atoms with Crippen LogP contribution in [-0.4, -0.2) is 41.4 Å². The lowest BCUT2D eigenvalue weighted by molar-refractivity contribution is -0.116. The molecule has 7 heteroatoms. The van der Waals surface area contributed by atoms with Crippen molar-refractivity contribution in [3.8, 4) is 11.3 Å². The van der Waals surface area contributed by atoms with Crippen molar-refractivity contribution in [2.45, 2.75) is 0 Å². The van der Waals surface area contributed by atoms with Crippen molar-refractivity contribution in [2.24, 2.45) is 0 Å². The van der Waals surface area contributed by atoms with E-state index in [1.165, 1.54) is 0 Å². The van der Waals surface area contributed by atoms with Gasteiger partial charge in [-0.05, 0) is 56.6 Å². The van der Waals surface area contributed by atoms with Gasteiger partial charge in [-0.15, -0.1) is 0 Å². The Balaban J connectivity index is 1.69. The van der Waals surface area contributed by atoms with E-state index in [0.29, 0.717) is 18.2 Å². The van der Waals surface area contributed by atoms with Crippen LogP contribution in [0.25, 0.3) is 11.3 Å². The number of anilines is 4. The van der Waals surface area contributed by atoms with Crippen LogP contribution in [0.1, 0.15) is 0 Å². The third-order valence-electron chi connectivity index (χ3n) is 3.72. The molecule has 0 aliphatic carbocycles. The minimum atomic E-state index is -0.0566. The second kappa shape index (κ2) is 8.29. The Morgan fingerprint density at radius 2 is 1.81 bits per heavy atom. The zero-order valence-corrected chi connectivity index (χ0v) is 15.3. The van der Waals surface area contributed by atoms with Gasteiger partial charge in [0.2, 0.25) is 11.9 Å². The van der Waals surface area contributed by atoms with Gasteiger partial charge in [0.1, 0.15) is 0 Å². The summed E-state index contributed by atoms with van der Waals surface area (Å²) in [5, 5.41) is 6.02. The Kier molecular flexibility index (Phi) is 5.63. The molecule has 3 aromatic rings. The molecule has 1 amide bonds. The van der Waals surface area contributed by atoms with Crippen LogP contribution in [0, 0.1) is 0 Å². The monoisotopic (exact) mass is 362 g/mol. The number of nitrogens with zero attached hydrogens (tertiary/aromatic N) is 3. The van der Waals surface area contributed by atoms with Gasteiger partial charge in [0, 0.05) is 28.8 Å². The van der Waals surface area contributed by atoms with Gasteiger partial charge in [0.05, 0.1) is 12.2 Å². The lowest BCUT2D eigenvalue weighted by Crippen LogP contribution is -2.27. The SMILES string of the molecule is CN(C)CC(=O)Nc1ccc(Nc2nccc(-c3cccc(N)c3)n2)cc1. The highest BCUT2D eigenvalue weighted by Crippen LogP contribution is 2.22. The normalized spacial score (nSPS) is 10.6. The fraction of sp³-hybridized carbons (Fsp3) is 0.150. The molecule has 0 saturated carbocycles. The quantitative estimate of drug-likeness (QED) is 0.584. The molecular formula is C20H22N6O. The molecule has 3 rings (SSSR count). The molecule has 0 aliphatic rings. The smallest absolute Gasteiger partial charge is 0.238 e. The van der Waals surface area contributed by atoms with Crippen molar-refractivity contribution >= 4 is 28.9 Å². The van der Waals surface area contributed by atoms with Crippen molar-refractivity contribution < 1.29 is 4.79 Å².